The Labute approximate surface area is 80.8 Å². The number of nitrogens with zero attached hydrogens (tertiary/aromatic N) is 3. The molecule has 2 aromatic rings. The third kappa shape index (κ3) is 1.81. The second-order valence-corrected chi connectivity index (χ2v) is 2.92. The van der Waals surface area contributed by atoms with E-state index in [1.54, 1.807) is 10.7 Å². The predicted octanol–water partition coefficient (Wildman–Crippen LogP) is 1.50. The number of anilines is 1. The summed E-state index contributed by atoms with van der Waals surface area (Å²) >= 11 is 0. The summed E-state index contributed by atoms with van der Waals surface area (Å²) < 4.78 is 13.5. The van der Waals surface area contributed by atoms with Crippen LogP contribution in [0.2, 0.25) is 0 Å². The minimum Gasteiger partial charge on any atom is -0.370 e. The number of hydrogen-bond acceptors (Lipinski definition) is 3. The topological polar surface area (TPSA) is 42.2 Å². The molecule has 0 unspecified atom stereocenters. The van der Waals surface area contributed by atoms with E-state index in [1.807, 2.05) is 18.3 Å². The molecule has 14 heavy (non-hydrogen) atoms. The maximum Gasteiger partial charge on any atom is 0.157 e. The van der Waals surface area contributed by atoms with Crippen molar-refractivity contribution in [3.05, 3.63) is 24.5 Å². The zero-order valence-electron chi connectivity index (χ0n) is 7.65. The van der Waals surface area contributed by atoms with E-state index in [0.29, 0.717) is 13.0 Å². The molecule has 0 aliphatic heterocycles. The molecule has 0 aromatic carbocycles. The predicted molar refractivity (Wildman–Crippen MR) is 52.1 cm³/mol. The normalized spacial score (nSPS) is 10.6. The van der Waals surface area contributed by atoms with Gasteiger partial charge in [-0.25, -0.2) is 9.50 Å². The highest BCUT2D eigenvalue weighted by molar-refractivity contribution is 5.45. The number of halogens is 1. The van der Waals surface area contributed by atoms with Gasteiger partial charge in [-0.05, 0) is 12.5 Å². The van der Waals surface area contributed by atoms with Gasteiger partial charge in [-0.1, -0.05) is 0 Å². The minimum absolute atomic E-state index is 0.304. The number of alkyl halides is 1. The van der Waals surface area contributed by atoms with Crippen LogP contribution in [0, 0.1) is 0 Å². The van der Waals surface area contributed by atoms with Gasteiger partial charge in [0, 0.05) is 18.8 Å². The van der Waals surface area contributed by atoms with Gasteiger partial charge in [-0.2, -0.15) is 5.10 Å². The molecular formula is C9H11FN4. The summed E-state index contributed by atoms with van der Waals surface area (Å²) in [5, 5.41) is 7.06. The Morgan fingerprint density at radius 2 is 2.36 bits per heavy atom. The van der Waals surface area contributed by atoms with Crippen molar-refractivity contribution in [1.82, 2.24) is 14.6 Å². The Morgan fingerprint density at radius 3 is 3.21 bits per heavy atom. The lowest BCUT2D eigenvalue weighted by Crippen LogP contribution is -2.04. The van der Waals surface area contributed by atoms with Crippen molar-refractivity contribution in [2.75, 3.05) is 18.5 Å². The SMILES string of the molecule is FCCCNc1ccn2nccc2n1. The van der Waals surface area contributed by atoms with Crippen LogP contribution in [0.3, 0.4) is 0 Å². The highest BCUT2D eigenvalue weighted by atomic mass is 19.1. The second-order valence-electron chi connectivity index (χ2n) is 2.92. The maximum atomic E-state index is 11.8. The number of rotatable bonds is 4. The van der Waals surface area contributed by atoms with E-state index in [1.165, 1.54) is 0 Å². The van der Waals surface area contributed by atoms with Crippen LogP contribution in [0.4, 0.5) is 10.2 Å². The molecule has 0 amide bonds. The monoisotopic (exact) mass is 194 g/mol. The third-order valence-electron chi connectivity index (χ3n) is 1.87. The van der Waals surface area contributed by atoms with E-state index in [2.05, 4.69) is 15.4 Å². The van der Waals surface area contributed by atoms with Crippen LogP contribution in [0.5, 0.6) is 0 Å². The Kier molecular flexibility index (Phi) is 2.58. The summed E-state index contributed by atoms with van der Waals surface area (Å²) in [7, 11) is 0. The molecule has 4 nitrogen and oxygen atoms in total. The van der Waals surface area contributed by atoms with Gasteiger partial charge in [0.2, 0.25) is 0 Å². The summed E-state index contributed by atoms with van der Waals surface area (Å²) in [6, 6.07) is 3.64. The molecule has 5 heteroatoms. The molecule has 0 fully saturated rings. The number of hydrogen-bond donors (Lipinski definition) is 1. The molecule has 2 heterocycles. The molecule has 2 rings (SSSR count). The fraction of sp³-hybridized carbons (Fsp3) is 0.333. The summed E-state index contributed by atoms with van der Waals surface area (Å²) in [5.74, 6) is 0.756. The summed E-state index contributed by atoms with van der Waals surface area (Å²) in [6.45, 7) is 0.301. The van der Waals surface area contributed by atoms with Crippen LogP contribution < -0.4 is 5.32 Å². The van der Waals surface area contributed by atoms with E-state index in [9.17, 15) is 4.39 Å². The van der Waals surface area contributed by atoms with Crippen molar-refractivity contribution in [3.63, 3.8) is 0 Å². The first kappa shape index (κ1) is 8.93. The van der Waals surface area contributed by atoms with Crippen LogP contribution >= 0.6 is 0 Å². The average Bonchev–Trinajstić information content (AvgIpc) is 2.65. The van der Waals surface area contributed by atoms with Crippen LogP contribution in [0.15, 0.2) is 24.5 Å². The molecule has 2 aromatic heterocycles. The zero-order valence-corrected chi connectivity index (χ0v) is 7.65. The molecule has 74 valence electrons. The Morgan fingerprint density at radius 1 is 1.43 bits per heavy atom. The largest absolute Gasteiger partial charge is 0.370 e. The van der Waals surface area contributed by atoms with Gasteiger partial charge in [0.05, 0.1) is 12.9 Å². The Bertz CT molecular complexity index is 412. The fourth-order valence-electron chi connectivity index (χ4n) is 1.19. The molecule has 0 spiro atoms. The van der Waals surface area contributed by atoms with Crippen LogP contribution in [0.25, 0.3) is 5.65 Å². The quantitative estimate of drug-likeness (QED) is 0.750. The highest BCUT2D eigenvalue weighted by Crippen LogP contribution is 2.05. The van der Waals surface area contributed by atoms with E-state index in [0.717, 1.165) is 11.5 Å². The number of aromatic nitrogens is 3. The molecular weight excluding hydrogens is 183 g/mol. The highest BCUT2D eigenvalue weighted by Gasteiger charge is 1.96. The first-order chi connectivity index (χ1) is 6.90. The van der Waals surface area contributed by atoms with Crippen molar-refractivity contribution >= 4 is 11.5 Å². The van der Waals surface area contributed by atoms with Crippen molar-refractivity contribution in [2.24, 2.45) is 0 Å². The first-order valence-electron chi connectivity index (χ1n) is 4.50. The summed E-state index contributed by atoms with van der Waals surface area (Å²) in [4.78, 5) is 4.27. The molecule has 0 atom stereocenters. The van der Waals surface area contributed by atoms with Gasteiger partial charge in [-0.15, -0.1) is 0 Å². The van der Waals surface area contributed by atoms with Crippen LogP contribution in [-0.2, 0) is 0 Å². The molecule has 0 saturated heterocycles. The molecule has 0 aliphatic carbocycles. The zero-order chi connectivity index (χ0) is 9.80. The number of fused-ring (bicyclic) bond motifs is 1. The lowest BCUT2D eigenvalue weighted by Gasteiger charge is -2.03. The van der Waals surface area contributed by atoms with E-state index in [-0.39, 0.29) is 6.67 Å². The average molecular weight is 194 g/mol. The van der Waals surface area contributed by atoms with Gasteiger partial charge >= 0.3 is 0 Å². The van der Waals surface area contributed by atoms with Crippen molar-refractivity contribution in [2.45, 2.75) is 6.42 Å². The van der Waals surface area contributed by atoms with Crippen molar-refractivity contribution in [3.8, 4) is 0 Å². The molecule has 1 N–H and O–H groups in total. The summed E-state index contributed by atoms with van der Waals surface area (Å²) in [6.07, 6.45) is 4.01. The molecule has 0 aliphatic rings. The molecule has 0 bridgehead atoms. The van der Waals surface area contributed by atoms with Gasteiger partial charge in [0.25, 0.3) is 0 Å². The van der Waals surface area contributed by atoms with Crippen LogP contribution in [0.1, 0.15) is 6.42 Å². The van der Waals surface area contributed by atoms with Gasteiger partial charge in [-0.3, -0.25) is 4.39 Å². The van der Waals surface area contributed by atoms with Crippen molar-refractivity contribution < 1.29 is 4.39 Å². The van der Waals surface area contributed by atoms with Crippen LogP contribution in [-0.4, -0.2) is 27.8 Å². The lowest BCUT2D eigenvalue weighted by molar-refractivity contribution is 0.481. The fourth-order valence-corrected chi connectivity index (χ4v) is 1.19. The Hall–Kier alpha value is -1.65. The first-order valence-corrected chi connectivity index (χ1v) is 4.50. The van der Waals surface area contributed by atoms with Gasteiger partial charge in [0.15, 0.2) is 5.65 Å². The standard InChI is InChI=1S/C9H11FN4/c10-4-1-5-11-8-3-7-14-9(13-8)2-6-12-14/h2-3,6-7H,1,4-5H2,(H,11,13). The molecule has 0 radical (unpaired) electrons. The molecule has 0 saturated carbocycles. The van der Waals surface area contributed by atoms with E-state index < -0.39 is 0 Å². The Balaban J connectivity index is 2.10. The van der Waals surface area contributed by atoms with Gasteiger partial charge < -0.3 is 5.32 Å². The summed E-state index contributed by atoms with van der Waals surface area (Å²) in [5.41, 5.74) is 0.787. The van der Waals surface area contributed by atoms with E-state index in [4.69, 9.17) is 0 Å². The smallest absolute Gasteiger partial charge is 0.157 e. The number of nitrogens with one attached hydrogen (secondary N) is 1. The third-order valence-corrected chi connectivity index (χ3v) is 1.87. The second kappa shape index (κ2) is 4.04. The van der Waals surface area contributed by atoms with Gasteiger partial charge in [0.1, 0.15) is 5.82 Å². The lowest BCUT2D eigenvalue weighted by atomic mass is 10.4. The van der Waals surface area contributed by atoms with Crippen molar-refractivity contribution in [1.29, 1.82) is 0 Å². The maximum absolute atomic E-state index is 11.8. The van der Waals surface area contributed by atoms with E-state index >= 15 is 0 Å². The minimum atomic E-state index is -0.304.